The third kappa shape index (κ3) is 5.05. The van der Waals surface area contributed by atoms with Crippen molar-refractivity contribution in [3.63, 3.8) is 0 Å². The fourth-order valence-corrected chi connectivity index (χ4v) is 3.44. The maximum Gasteiger partial charge on any atom is 0.280 e. The summed E-state index contributed by atoms with van der Waals surface area (Å²) >= 11 is 0. The maximum atomic E-state index is 11.5. The molecule has 0 atom stereocenters. The summed E-state index contributed by atoms with van der Waals surface area (Å²) in [7, 11) is 0. The van der Waals surface area contributed by atoms with E-state index in [-0.39, 0.29) is 22.8 Å². The van der Waals surface area contributed by atoms with E-state index in [1.54, 1.807) is 18.2 Å². The summed E-state index contributed by atoms with van der Waals surface area (Å²) in [6.07, 6.45) is 1.42. The first kappa shape index (κ1) is 23.4. The van der Waals surface area contributed by atoms with Gasteiger partial charge in [-0.2, -0.15) is 15.1 Å². The molecule has 0 saturated heterocycles. The maximum absolute atomic E-state index is 11.5. The Bertz CT molecular complexity index is 1620. The highest BCUT2D eigenvalue weighted by Crippen LogP contribution is 2.33. The van der Waals surface area contributed by atoms with Gasteiger partial charge in [0.05, 0.1) is 22.4 Å². The van der Waals surface area contributed by atoms with Gasteiger partial charge < -0.3 is 4.42 Å². The van der Waals surface area contributed by atoms with Crippen molar-refractivity contribution in [2.45, 2.75) is 20.8 Å². The Morgan fingerprint density at radius 2 is 1.62 bits per heavy atom. The van der Waals surface area contributed by atoms with Crippen molar-refractivity contribution in [3.8, 4) is 11.3 Å². The Kier molecular flexibility index (Phi) is 6.16. The lowest BCUT2D eigenvalue weighted by Gasteiger charge is -2.11. The minimum atomic E-state index is -0.424. The number of hydrazone groups is 1. The van der Waals surface area contributed by atoms with Gasteiger partial charge in [0, 0.05) is 6.07 Å². The van der Waals surface area contributed by atoms with Crippen molar-refractivity contribution >= 4 is 40.5 Å². The zero-order valence-electron chi connectivity index (χ0n) is 20.0. The van der Waals surface area contributed by atoms with Crippen molar-refractivity contribution in [3.05, 3.63) is 81.1 Å². The molecule has 2 aromatic carbocycles. The Hall–Kier alpha value is -5.33. The fraction of sp³-hybridized carbons (Fsp3) is 0.125. The molecule has 0 aliphatic carbocycles. The third-order valence-electron chi connectivity index (χ3n) is 5.55. The predicted molar refractivity (Wildman–Crippen MR) is 137 cm³/mol. The molecule has 13 heteroatoms. The predicted octanol–water partition coefficient (Wildman–Crippen LogP) is 4.99. The molecule has 5 aromatic rings. The number of hydrogen-bond acceptors (Lipinski definition) is 12. The van der Waals surface area contributed by atoms with Crippen LogP contribution in [0.15, 0.2) is 62.7 Å². The average molecular weight is 499 g/mol. The van der Waals surface area contributed by atoms with E-state index in [0.29, 0.717) is 22.9 Å². The Morgan fingerprint density at radius 1 is 0.919 bits per heavy atom. The number of nitrogens with zero attached hydrogens (tertiary/aromatic N) is 6. The van der Waals surface area contributed by atoms with Gasteiger partial charge >= 0.3 is 0 Å². The van der Waals surface area contributed by atoms with Gasteiger partial charge in [-0.1, -0.05) is 17.7 Å². The van der Waals surface area contributed by atoms with Gasteiger partial charge in [0.25, 0.3) is 5.69 Å². The molecule has 3 N–H and O–H groups in total. The highest BCUT2D eigenvalue weighted by atomic mass is 16.6. The highest BCUT2D eigenvalue weighted by Gasteiger charge is 2.19. The van der Waals surface area contributed by atoms with Gasteiger partial charge in [-0.15, -0.1) is 0 Å². The van der Waals surface area contributed by atoms with Gasteiger partial charge in [0.1, 0.15) is 11.5 Å². The van der Waals surface area contributed by atoms with E-state index in [0.717, 1.165) is 22.4 Å². The second kappa shape index (κ2) is 9.73. The minimum Gasteiger partial charge on any atom is -0.455 e. The van der Waals surface area contributed by atoms with Crippen LogP contribution in [0.2, 0.25) is 0 Å². The topological polar surface area (TPSA) is 169 Å². The molecular weight excluding hydrogens is 478 g/mol. The van der Waals surface area contributed by atoms with Crippen molar-refractivity contribution in [2.75, 3.05) is 16.3 Å². The summed E-state index contributed by atoms with van der Waals surface area (Å²) < 4.78 is 10.5. The van der Waals surface area contributed by atoms with Crippen molar-refractivity contribution in [2.24, 2.45) is 5.10 Å². The standard InChI is InChI=1S/C24H21N9O4/c1-13-4-6-16(7-5-13)28-30-22-21(26-23-24(27-22)32-37-31-23)29-25-12-17-8-9-20(36-17)18-10-14(2)15(3)11-19(18)33(34)35/h4-12,28H,1-3H3,(H,26,29,31)(H,27,30,32)/b25-12+. The van der Waals surface area contributed by atoms with E-state index in [1.165, 1.54) is 12.3 Å². The molecule has 0 spiro atoms. The first-order valence-corrected chi connectivity index (χ1v) is 11.1. The smallest absolute Gasteiger partial charge is 0.280 e. The molecule has 3 aromatic heterocycles. The molecule has 5 rings (SSSR count). The van der Waals surface area contributed by atoms with E-state index in [1.807, 2.05) is 45.0 Å². The molecular formula is C24H21N9O4. The summed E-state index contributed by atoms with van der Waals surface area (Å²) in [5, 5.41) is 23.2. The summed E-state index contributed by atoms with van der Waals surface area (Å²) in [4.78, 5) is 19.8. The van der Waals surface area contributed by atoms with Crippen LogP contribution < -0.4 is 16.3 Å². The van der Waals surface area contributed by atoms with Gasteiger partial charge in [-0.25, -0.2) is 4.63 Å². The van der Waals surface area contributed by atoms with Gasteiger partial charge in [-0.3, -0.25) is 26.4 Å². The Balaban J connectivity index is 1.36. The average Bonchev–Trinajstić information content (AvgIpc) is 3.54. The summed E-state index contributed by atoms with van der Waals surface area (Å²) in [6.45, 7) is 5.71. The lowest BCUT2D eigenvalue weighted by Crippen LogP contribution is -2.13. The quantitative estimate of drug-likeness (QED) is 0.149. The number of fused-ring (bicyclic) bond motifs is 1. The molecule has 0 bridgehead atoms. The number of furan rings is 1. The normalized spacial score (nSPS) is 11.2. The summed E-state index contributed by atoms with van der Waals surface area (Å²) in [5.41, 5.74) is 13.3. The largest absolute Gasteiger partial charge is 0.455 e. The number of hydrogen-bond donors (Lipinski definition) is 3. The van der Waals surface area contributed by atoms with Crippen molar-refractivity contribution < 1.29 is 14.0 Å². The van der Waals surface area contributed by atoms with Crippen LogP contribution in [-0.4, -0.2) is 31.4 Å². The van der Waals surface area contributed by atoms with E-state index < -0.39 is 4.92 Å². The van der Waals surface area contributed by atoms with Crippen LogP contribution in [0.5, 0.6) is 0 Å². The zero-order chi connectivity index (χ0) is 25.9. The molecule has 0 unspecified atom stereocenters. The number of aryl methyl sites for hydroxylation is 3. The first-order valence-electron chi connectivity index (χ1n) is 11.1. The SMILES string of the molecule is Cc1ccc(NNc2nc3nonc3nc2N/N=C/c2ccc(-c3cc(C)c(C)cc3[N+](=O)[O-])o2)cc1. The Labute approximate surface area is 209 Å². The summed E-state index contributed by atoms with van der Waals surface area (Å²) in [6, 6.07) is 14.3. The Morgan fingerprint density at radius 3 is 2.35 bits per heavy atom. The molecule has 186 valence electrons. The molecule has 0 saturated carbocycles. The van der Waals surface area contributed by atoms with Gasteiger partial charge in [0.15, 0.2) is 11.6 Å². The number of anilines is 3. The number of rotatable bonds is 8. The highest BCUT2D eigenvalue weighted by molar-refractivity contribution is 5.81. The lowest BCUT2D eigenvalue weighted by atomic mass is 10.0. The monoisotopic (exact) mass is 499 g/mol. The van der Waals surface area contributed by atoms with Crippen molar-refractivity contribution in [1.82, 2.24) is 20.3 Å². The molecule has 3 heterocycles. The van der Waals surface area contributed by atoms with E-state index in [4.69, 9.17) is 9.05 Å². The van der Waals surface area contributed by atoms with Crippen LogP contribution in [-0.2, 0) is 0 Å². The van der Waals surface area contributed by atoms with Crippen LogP contribution in [0.25, 0.3) is 22.6 Å². The number of nitro groups is 1. The molecule has 0 aliphatic heterocycles. The van der Waals surface area contributed by atoms with Gasteiger partial charge in [-0.05, 0) is 72.5 Å². The van der Waals surface area contributed by atoms with Crippen LogP contribution >= 0.6 is 0 Å². The second-order valence-corrected chi connectivity index (χ2v) is 8.23. The van der Waals surface area contributed by atoms with Crippen LogP contribution in [0.1, 0.15) is 22.5 Å². The minimum absolute atomic E-state index is 0.0272. The van der Waals surface area contributed by atoms with Gasteiger partial charge in [0.2, 0.25) is 11.3 Å². The molecule has 0 aliphatic rings. The van der Waals surface area contributed by atoms with Crippen molar-refractivity contribution in [1.29, 1.82) is 0 Å². The molecule has 37 heavy (non-hydrogen) atoms. The number of hydrazine groups is 1. The number of benzene rings is 2. The summed E-state index contributed by atoms with van der Waals surface area (Å²) in [5.74, 6) is 1.28. The van der Waals surface area contributed by atoms with Crippen LogP contribution in [0, 0.1) is 30.9 Å². The number of aromatic nitrogens is 4. The zero-order valence-corrected chi connectivity index (χ0v) is 20.0. The lowest BCUT2D eigenvalue weighted by molar-refractivity contribution is -0.384. The number of nitro benzene ring substituents is 1. The van der Waals surface area contributed by atoms with Crippen LogP contribution in [0.4, 0.5) is 23.0 Å². The van der Waals surface area contributed by atoms with Crippen LogP contribution in [0.3, 0.4) is 0 Å². The molecule has 0 radical (unpaired) electrons. The second-order valence-electron chi connectivity index (χ2n) is 8.23. The molecule has 0 fully saturated rings. The fourth-order valence-electron chi connectivity index (χ4n) is 3.44. The molecule has 0 amide bonds. The number of nitrogens with one attached hydrogen (secondary N) is 3. The first-order chi connectivity index (χ1) is 17.9. The molecule has 13 nitrogen and oxygen atoms in total. The van der Waals surface area contributed by atoms with E-state index in [9.17, 15) is 10.1 Å². The van der Waals surface area contributed by atoms with E-state index >= 15 is 0 Å². The van der Waals surface area contributed by atoms with E-state index in [2.05, 4.69) is 41.7 Å². The third-order valence-corrected chi connectivity index (χ3v) is 5.55.